The zero-order valence-electron chi connectivity index (χ0n) is 13.9. The summed E-state index contributed by atoms with van der Waals surface area (Å²) in [6.45, 7) is 5.32. The van der Waals surface area contributed by atoms with E-state index in [1.807, 2.05) is 13.8 Å². The molecule has 5 nitrogen and oxygen atoms in total. The third kappa shape index (κ3) is 4.47. The predicted molar refractivity (Wildman–Crippen MR) is 89.2 cm³/mol. The maximum atomic E-state index is 12.4. The summed E-state index contributed by atoms with van der Waals surface area (Å²) in [5, 5.41) is 12.6. The number of rotatable bonds is 5. The molecule has 1 heterocycles. The van der Waals surface area contributed by atoms with Crippen molar-refractivity contribution in [3.05, 3.63) is 29.8 Å². The lowest BCUT2D eigenvalue weighted by Crippen LogP contribution is -2.47. The van der Waals surface area contributed by atoms with E-state index in [1.54, 1.807) is 23.1 Å². The van der Waals surface area contributed by atoms with Gasteiger partial charge in [-0.25, -0.2) is 0 Å². The number of aromatic hydroxyl groups is 1. The van der Waals surface area contributed by atoms with Crippen molar-refractivity contribution in [3.63, 3.8) is 0 Å². The highest BCUT2D eigenvalue weighted by molar-refractivity contribution is 5.94. The number of carbonyl (C=O) groups excluding carboxylic acids is 2. The Bertz CT molecular complexity index is 547. The lowest BCUT2D eigenvalue weighted by Gasteiger charge is -2.33. The number of hydrogen-bond acceptors (Lipinski definition) is 3. The van der Waals surface area contributed by atoms with E-state index in [1.165, 1.54) is 6.07 Å². The molecular weight excluding hydrogens is 292 g/mol. The predicted octanol–water partition coefficient (Wildman–Crippen LogP) is 2.55. The normalized spacial score (nSPS) is 15.7. The first-order valence-corrected chi connectivity index (χ1v) is 8.43. The van der Waals surface area contributed by atoms with Gasteiger partial charge in [0, 0.05) is 30.6 Å². The van der Waals surface area contributed by atoms with Crippen LogP contribution in [0.25, 0.3) is 0 Å². The van der Waals surface area contributed by atoms with Crippen LogP contribution in [0, 0.1) is 5.92 Å². The van der Waals surface area contributed by atoms with Crippen LogP contribution in [-0.2, 0) is 4.79 Å². The summed E-state index contributed by atoms with van der Waals surface area (Å²) < 4.78 is 0. The summed E-state index contributed by atoms with van der Waals surface area (Å²) in [7, 11) is 0. The number of nitrogens with zero attached hydrogens (tertiary/aromatic N) is 1. The Hall–Kier alpha value is -2.04. The van der Waals surface area contributed by atoms with Crippen molar-refractivity contribution in [3.8, 4) is 5.75 Å². The molecule has 0 radical (unpaired) electrons. The van der Waals surface area contributed by atoms with Gasteiger partial charge in [0.05, 0.1) is 0 Å². The Balaban J connectivity index is 1.86. The topological polar surface area (TPSA) is 69.6 Å². The van der Waals surface area contributed by atoms with Crippen molar-refractivity contribution in [2.24, 2.45) is 5.92 Å². The molecule has 1 aromatic carbocycles. The minimum Gasteiger partial charge on any atom is -0.508 e. The fourth-order valence-corrected chi connectivity index (χ4v) is 3.03. The molecule has 23 heavy (non-hydrogen) atoms. The van der Waals surface area contributed by atoms with E-state index in [0.29, 0.717) is 18.7 Å². The summed E-state index contributed by atoms with van der Waals surface area (Å²) in [4.78, 5) is 26.3. The van der Waals surface area contributed by atoms with Gasteiger partial charge in [-0.3, -0.25) is 9.59 Å². The molecule has 2 N–H and O–H groups in total. The first-order valence-electron chi connectivity index (χ1n) is 8.43. The number of phenols is 1. The molecule has 1 aromatic rings. The van der Waals surface area contributed by atoms with Gasteiger partial charge < -0.3 is 15.3 Å². The van der Waals surface area contributed by atoms with Crippen molar-refractivity contribution < 1.29 is 14.7 Å². The van der Waals surface area contributed by atoms with Crippen molar-refractivity contribution in [1.82, 2.24) is 10.2 Å². The van der Waals surface area contributed by atoms with Crippen LogP contribution in [0.3, 0.4) is 0 Å². The van der Waals surface area contributed by atoms with Crippen LogP contribution in [0.1, 0.15) is 49.9 Å². The number of benzene rings is 1. The minimum atomic E-state index is -0.0642. The summed E-state index contributed by atoms with van der Waals surface area (Å²) in [5.41, 5.74) is 0.504. The smallest absolute Gasteiger partial charge is 0.253 e. The molecule has 1 fully saturated rings. The van der Waals surface area contributed by atoms with Gasteiger partial charge in [0.15, 0.2) is 0 Å². The van der Waals surface area contributed by atoms with E-state index < -0.39 is 0 Å². The number of carbonyl (C=O) groups is 2. The molecule has 1 aliphatic rings. The average Bonchev–Trinajstić information content (AvgIpc) is 2.56. The van der Waals surface area contributed by atoms with E-state index in [0.717, 1.165) is 25.7 Å². The first kappa shape index (κ1) is 17.3. The van der Waals surface area contributed by atoms with Crippen LogP contribution in [0.2, 0.25) is 0 Å². The van der Waals surface area contributed by atoms with Crippen LogP contribution in [0.4, 0.5) is 0 Å². The zero-order valence-corrected chi connectivity index (χ0v) is 13.9. The van der Waals surface area contributed by atoms with Gasteiger partial charge in [-0.15, -0.1) is 0 Å². The fourth-order valence-electron chi connectivity index (χ4n) is 3.03. The highest BCUT2D eigenvalue weighted by Crippen LogP contribution is 2.18. The van der Waals surface area contributed by atoms with E-state index in [4.69, 9.17) is 0 Å². The number of amides is 2. The van der Waals surface area contributed by atoms with Gasteiger partial charge in [-0.2, -0.15) is 0 Å². The molecule has 2 amide bonds. The number of nitrogens with one attached hydrogen (secondary N) is 1. The molecular formula is C18H26N2O3. The number of hydrogen-bond donors (Lipinski definition) is 2. The Labute approximate surface area is 137 Å². The number of phenolic OH excluding ortho intramolecular Hbond substituents is 1. The SMILES string of the molecule is CCC(CC)C(=O)NC1CCN(C(=O)c2cccc(O)c2)CC1. The molecule has 0 saturated carbocycles. The lowest BCUT2D eigenvalue weighted by atomic mass is 9.99. The maximum Gasteiger partial charge on any atom is 0.253 e. The van der Waals surface area contributed by atoms with Gasteiger partial charge in [-0.1, -0.05) is 19.9 Å². The van der Waals surface area contributed by atoms with Gasteiger partial charge in [-0.05, 0) is 43.9 Å². The Morgan fingerprint density at radius 1 is 1.26 bits per heavy atom. The Kier molecular flexibility index (Phi) is 6.02. The maximum absolute atomic E-state index is 12.4. The number of piperidine rings is 1. The summed E-state index contributed by atoms with van der Waals surface area (Å²) in [5.74, 6) is 0.253. The fraction of sp³-hybridized carbons (Fsp3) is 0.556. The molecule has 0 bridgehead atoms. The van der Waals surface area contributed by atoms with Crippen molar-refractivity contribution in [2.45, 2.75) is 45.6 Å². The zero-order chi connectivity index (χ0) is 16.8. The molecule has 5 heteroatoms. The summed E-state index contributed by atoms with van der Waals surface area (Å²) >= 11 is 0. The first-order chi connectivity index (χ1) is 11.0. The Morgan fingerprint density at radius 3 is 2.48 bits per heavy atom. The molecule has 0 aliphatic carbocycles. The molecule has 126 valence electrons. The molecule has 0 atom stereocenters. The van der Waals surface area contributed by atoms with Crippen molar-refractivity contribution in [1.29, 1.82) is 0 Å². The largest absolute Gasteiger partial charge is 0.508 e. The minimum absolute atomic E-state index is 0.0642. The molecule has 0 aromatic heterocycles. The summed E-state index contributed by atoms with van der Waals surface area (Å²) in [6.07, 6.45) is 3.27. The van der Waals surface area contributed by atoms with Crippen LogP contribution in [-0.4, -0.2) is 41.0 Å². The standard InChI is InChI=1S/C18H26N2O3/c1-3-13(4-2)17(22)19-15-8-10-20(11-9-15)18(23)14-6-5-7-16(21)12-14/h5-7,12-13,15,21H,3-4,8-11H2,1-2H3,(H,19,22). The highest BCUT2D eigenvalue weighted by Gasteiger charge is 2.26. The number of likely N-dealkylation sites (tertiary alicyclic amines) is 1. The van der Waals surface area contributed by atoms with Crippen LogP contribution < -0.4 is 5.32 Å². The molecule has 0 spiro atoms. The third-order valence-corrected chi connectivity index (χ3v) is 4.58. The highest BCUT2D eigenvalue weighted by atomic mass is 16.3. The molecule has 1 saturated heterocycles. The van der Waals surface area contributed by atoms with E-state index in [2.05, 4.69) is 5.32 Å². The van der Waals surface area contributed by atoms with Crippen molar-refractivity contribution in [2.75, 3.05) is 13.1 Å². The van der Waals surface area contributed by atoms with Gasteiger partial charge in [0.1, 0.15) is 5.75 Å². The molecule has 2 rings (SSSR count). The van der Waals surface area contributed by atoms with Crippen LogP contribution >= 0.6 is 0 Å². The quantitative estimate of drug-likeness (QED) is 0.876. The molecule has 1 aliphatic heterocycles. The van der Waals surface area contributed by atoms with Gasteiger partial charge in [0.25, 0.3) is 5.91 Å². The monoisotopic (exact) mass is 318 g/mol. The van der Waals surface area contributed by atoms with Crippen LogP contribution in [0.5, 0.6) is 5.75 Å². The lowest BCUT2D eigenvalue weighted by molar-refractivity contribution is -0.126. The van der Waals surface area contributed by atoms with Gasteiger partial charge in [0.2, 0.25) is 5.91 Å². The van der Waals surface area contributed by atoms with Crippen LogP contribution in [0.15, 0.2) is 24.3 Å². The third-order valence-electron chi connectivity index (χ3n) is 4.58. The average molecular weight is 318 g/mol. The molecule has 0 unspecified atom stereocenters. The Morgan fingerprint density at radius 2 is 1.91 bits per heavy atom. The second kappa shape index (κ2) is 7.99. The second-order valence-electron chi connectivity index (χ2n) is 6.14. The van der Waals surface area contributed by atoms with E-state index in [-0.39, 0.29) is 29.5 Å². The van der Waals surface area contributed by atoms with Crippen molar-refractivity contribution >= 4 is 11.8 Å². The van der Waals surface area contributed by atoms with Gasteiger partial charge >= 0.3 is 0 Å². The summed E-state index contributed by atoms with van der Waals surface area (Å²) in [6, 6.07) is 6.57. The second-order valence-corrected chi connectivity index (χ2v) is 6.14. The van der Waals surface area contributed by atoms with E-state index in [9.17, 15) is 14.7 Å². The van der Waals surface area contributed by atoms with E-state index >= 15 is 0 Å².